The van der Waals surface area contributed by atoms with Crippen LogP contribution >= 0.6 is 0 Å². The number of benzene rings is 1. The van der Waals surface area contributed by atoms with Gasteiger partial charge in [0.25, 0.3) is 17.1 Å². The van der Waals surface area contributed by atoms with Gasteiger partial charge in [-0.2, -0.15) is 0 Å². The number of amides is 1. The van der Waals surface area contributed by atoms with E-state index in [0.29, 0.717) is 43.0 Å². The largest absolute Gasteiger partial charge is 0.379 e. The van der Waals surface area contributed by atoms with E-state index >= 15 is 0 Å². The number of rotatable bonds is 6. The summed E-state index contributed by atoms with van der Waals surface area (Å²) in [5.74, 6) is -0.0363. The molecule has 3 N–H and O–H groups in total. The molecule has 1 saturated heterocycles. The summed E-state index contributed by atoms with van der Waals surface area (Å²) in [4.78, 5) is 33.8. The van der Waals surface area contributed by atoms with Crippen molar-refractivity contribution in [3.63, 3.8) is 0 Å². The molecule has 0 bridgehead atoms. The molecule has 4 aromatic rings. The number of pyridine rings is 2. The van der Waals surface area contributed by atoms with Gasteiger partial charge in [0.2, 0.25) is 11.5 Å². The Bertz CT molecular complexity index is 1490. The predicted molar refractivity (Wildman–Crippen MR) is 138 cm³/mol. The lowest BCUT2D eigenvalue weighted by molar-refractivity contribution is -0.649. The van der Waals surface area contributed by atoms with Crippen molar-refractivity contribution in [3.05, 3.63) is 81.3 Å². The van der Waals surface area contributed by atoms with E-state index in [2.05, 4.69) is 10.2 Å². The van der Waals surface area contributed by atoms with Crippen LogP contribution in [0.1, 0.15) is 27.0 Å². The Hall–Kier alpha value is -3.82. The highest BCUT2D eigenvalue weighted by Gasteiger charge is 2.25. The number of morpholine rings is 1. The summed E-state index contributed by atoms with van der Waals surface area (Å²) in [5.41, 5.74) is 10.7. The number of carbonyl (C=O) groups excluding carboxylic acids is 1. The fraction of sp³-hybridized carbons (Fsp3) is 0.333. The number of nitrogens with zero attached hydrogens (tertiary/aromatic N) is 4. The lowest BCUT2D eigenvalue weighted by atomic mass is 10.1. The van der Waals surface area contributed by atoms with Crippen molar-refractivity contribution in [3.8, 4) is 0 Å². The number of nitrogen functional groups attached to an aromatic ring is 1. The first-order valence-electron chi connectivity index (χ1n) is 12.2. The van der Waals surface area contributed by atoms with Gasteiger partial charge in [-0.05, 0) is 31.5 Å². The molecule has 5 rings (SSSR count). The maximum Gasteiger partial charge on any atom is 0.278 e. The van der Waals surface area contributed by atoms with Crippen LogP contribution in [0.25, 0.3) is 16.7 Å². The molecule has 1 aliphatic rings. The molecular weight excluding hydrogens is 456 g/mol. The third kappa shape index (κ3) is 4.67. The molecule has 0 spiro atoms. The number of ether oxygens (including phenoxy) is 1. The maximum atomic E-state index is 13.5. The molecule has 0 unspecified atom stereocenters. The topological polar surface area (TPSA) is 106 Å². The summed E-state index contributed by atoms with van der Waals surface area (Å²) in [7, 11) is 0. The molecule has 1 amide bonds. The van der Waals surface area contributed by atoms with Crippen LogP contribution in [-0.4, -0.2) is 59.6 Å². The van der Waals surface area contributed by atoms with Crippen LogP contribution in [0.4, 0.5) is 5.82 Å². The smallest absolute Gasteiger partial charge is 0.278 e. The minimum absolute atomic E-state index is 0.237. The van der Waals surface area contributed by atoms with Crippen molar-refractivity contribution in [2.75, 3.05) is 45.1 Å². The Kier molecular flexibility index (Phi) is 6.67. The first-order valence-corrected chi connectivity index (χ1v) is 12.2. The van der Waals surface area contributed by atoms with Crippen LogP contribution in [0.5, 0.6) is 0 Å². The first kappa shape index (κ1) is 23.9. The van der Waals surface area contributed by atoms with E-state index in [1.165, 1.54) is 4.40 Å². The fourth-order valence-corrected chi connectivity index (χ4v) is 4.58. The summed E-state index contributed by atoms with van der Waals surface area (Å²) in [6.07, 6.45) is 1.69. The van der Waals surface area contributed by atoms with E-state index in [4.69, 9.17) is 15.5 Å². The fourth-order valence-electron chi connectivity index (χ4n) is 4.58. The number of aryl methyl sites for hydroxylation is 2. The molecular formula is C27H31N6O3+. The number of fused-ring (bicyclic) bond motifs is 2. The van der Waals surface area contributed by atoms with Crippen LogP contribution in [0.3, 0.4) is 0 Å². The molecule has 36 heavy (non-hydrogen) atoms. The molecule has 0 saturated carbocycles. The van der Waals surface area contributed by atoms with E-state index in [0.717, 1.165) is 36.3 Å². The van der Waals surface area contributed by atoms with Gasteiger partial charge in [0.1, 0.15) is 10.9 Å². The van der Waals surface area contributed by atoms with Crippen molar-refractivity contribution >= 4 is 28.4 Å². The van der Waals surface area contributed by atoms with Crippen molar-refractivity contribution in [2.45, 2.75) is 20.4 Å². The van der Waals surface area contributed by atoms with Gasteiger partial charge in [0, 0.05) is 37.9 Å². The summed E-state index contributed by atoms with van der Waals surface area (Å²) in [6.45, 7) is 8.62. The number of anilines is 1. The molecule has 9 heteroatoms. The first-order chi connectivity index (χ1) is 17.4. The van der Waals surface area contributed by atoms with Gasteiger partial charge in [-0.15, -0.1) is 0 Å². The SMILES string of the molecule is Cc1ccc(C[n+]2c(N)c(C(=O)NCCN3CCOCC3)cc3c(=O)n4cccc(C)c4nc32)cc1. The zero-order chi connectivity index (χ0) is 25.2. The van der Waals surface area contributed by atoms with E-state index in [1.54, 1.807) is 16.8 Å². The number of hydrogen-bond donors (Lipinski definition) is 2. The van der Waals surface area contributed by atoms with Crippen LogP contribution < -0.4 is 21.2 Å². The van der Waals surface area contributed by atoms with Crippen molar-refractivity contribution in [1.82, 2.24) is 19.6 Å². The van der Waals surface area contributed by atoms with Crippen LogP contribution in [-0.2, 0) is 11.3 Å². The lowest BCUT2D eigenvalue weighted by Gasteiger charge is -2.26. The van der Waals surface area contributed by atoms with Crippen molar-refractivity contribution < 1.29 is 14.1 Å². The summed E-state index contributed by atoms with van der Waals surface area (Å²) in [6, 6.07) is 13.4. The van der Waals surface area contributed by atoms with E-state index in [-0.39, 0.29) is 22.8 Å². The molecule has 0 radical (unpaired) electrons. The molecule has 186 valence electrons. The highest BCUT2D eigenvalue weighted by atomic mass is 16.5. The Morgan fingerprint density at radius 2 is 1.92 bits per heavy atom. The van der Waals surface area contributed by atoms with E-state index in [1.807, 2.05) is 50.2 Å². The summed E-state index contributed by atoms with van der Waals surface area (Å²) < 4.78 is 8.67. The predicted octanol–water partition coefficient (Wildman–Crippen LogP) is 1.44. The molecule has 1 aromatic carbocycles. The Morgan fingerprint density at radius 1 is 1.17 bits per heavy atom. The Labute approximate surface area is 209 Å². The van der Waals surface area contributed by atoms with E-state index < -0.39 is 0 Å². The number of hydrogen-bond acceptors (Lipinski definition) is 6. The molecule has 3 aromatic heterocycles. The summed E-state index contributed by atoms with van der Waals surface area (Å²) >= 11 is 0. The van der Waals surface area contributed by atoms with Gasteiger partial charge in [0.05, 0.1) is 19.8 Å². The molecule has 1 aliphatic heterocycles. The Morgan fingerprint density at radius 3 is 2.67 bits per heavy atom. The average molecular weight is 488 g/mol. The van der Waals surface area contributed by atoms with Gasteiger partial charge >= 0.3 is 0 Å². The van der Waals surface area contributed by atoms with Crippen molar-refractivity contribution in [2.24, 2.45) is 0 Å². The van der Waals surface area contributed by atoms with Gasteiger partial charge in [-0.3, -0.25) is 18.9 Å². The molecule has 1 fully saturated rings. The van der Waals surface area contributed by atoms with Gasteiger partial charge in [-0.25, -0.2) is 4.57 Å². The van der Waals surface area contributed by atoms with Crippen LogP contribution in [0, 0.1) is 13.8 Å². The van der Waals surface area contributed by atoms with Crippen molar-refractivity contribution in [1.29, 1.82) is 0 Å². The number of nitrogens with two attached hydrogens (primary N) is 1. The molecule has 0 atom stereocenters. The molecule has 9 nitrogen and oxygen atoms in total. The second-order valence-electron chi connectivity index (χ2n) is 9.26. The minimum atomic E-state index is -0.311. The molecule has 4 heterocycles. The zero-order valence-electron chi connectivity index (χ0n) is 20.7. The third-order valence-corrected chi connectivity index (χ3v) is 6.70. The quantitative estimate of drug-likeness (QED) is 0.315. The third-order valence-electron chi connectivity index (χ3n) is 6.70. The summed E-state index contributed by atoms with van der Waals surface area (Å²) in [5, 5.41) is 3.32. The zero-order valence-corrected chi connectivity index (χ0v) is 20.7. The highest BCUT2D eigenvalue weighted by molar-refractivity contribution is 6.00. The normalized spacial score (nSPS) is 14.4. The van der Waals surface area contributed by atoms with Crippen LogP contribution in [0.15, 0.2) is 53.5 Å². The number of carbonyl (C=O) groups is 1. The van der Waals surface area contributed by atoms with Gasteiger partial charge < -0.3 is 15.8 Å². The van der Waals surface area contributed by atoms with Gasteiger partial charge in [-0.1, -0.05) is 40.9 Å². The highest BCUT2D eigenvalue weighted by Crippen LogP contribution is 2.17. The molecule has 0 aliphatic carbocycles. The number of nitrogens with one attached hydrogen (secondary N) is 1. The lowest BCUT2D eigenvalue weighted by Crippen LogP contribution is -2.44. The van der Waals surface area contributed by atoms with Crippen LogP contribution in [0.2, 0.25) is 0 Å². The van der Waals surface area contributed by atoms with Gasteiger partial charge in [0.15, 0.2) is 0 Å². The Balaban J connectivity index is 1.58. The second kappa shape index (κ2) is 10.0. The minimum Gasteiger partial charge on any atom is -0.379 e. The standard InChI is InChI=1S/C27H30N6O3/c1-18-5-7-20(8-6-18)17-33-23(28)21(26(34)29-9-11-31-12-14-36-15-13-31)16-22-25(33)30-24-19(2)4-3-10-32(24)27(22)35/h3-8,10,16,28H,9,11-15,17H2,1-2H3,(H,29,34)/p+1. The maximum absolute atomic E-state index is 13.5. The number of aromatic nitrogens is 3. The average Bonchev–Trinajstić information content (AvgIpc) is 2.88. The monoisotopic (exact) mass is 487 g/mol. The second-order valence-corrected chi connectivity index (χ2v) is 9.26. The van der Waals surface area contributed by atoms with E-state index in [9.17, 15) is 9.59 Å².